The van der Waals surface area contributed by atoms with E-state index >= 15 is 0 Å². The predicted octanol–water partition coefficient (Wildman–Crippen LogP) is 2.15. The highest BCUT2D eigenvalue weighted by Crippen LogP contribution is 2.27. The molecule has 0 spiro atoms. The zero-order valence-electron chi connectivity index (χ0n) is 10.8. The Kier molecular flexibility index (Phi) is 4.63. The zero-order chi connectivity index (χ0) is 13.7. The number of nitrogens with two attached hydrogens (primary N) is 1. The number of nitrogens with zero attached hydrogens (tertiary/aromatic N) is 1. The maximum atomic E-state index is 11.9. The predicted molar refractivity (Wildman–Crippen MR) is 80.0 cm³/mol. The number of carbonyl (C=O) groups excluding carboxylic acids is 1. The molecule has 0 unspecified atom stereocenters. The van der Waals surface area contributed by atoms with Gasteiger partial charge in [-0.3, -0.25) is 4.79 Å². The summed E-state index contributed by atoms with van der Waals surface area (Å²) in [5.74, 6) is 4.86. The lowest BCUT2D eigenvalue weighted by Gasteiger charge is -2.05. The SMILES string of the molecule is CSc1ccc2c(c1)C=C(C(=O)NC=NN)CCC2. The summed E-state index contributed by atoms with van der Waals surface area (Å²) in [6.07, 6.45) is 7.99. The molecule has 100 valence electrons. The van der Waals surface area contributed by atoms with Gasteiger partial charge >= 0.3 is 0 Å². The fourth-order valence-corrected chi connectivity index (χ4v) is 2.61. The molecular formula is C14H17N3OS. The lowest BCUT2D eigenvalue weighted by atomic mass is 10.0. The number of hydrogen-bond donors (Lipinski definition) is 2. The van der Waals surface area contributed by atoms with Crippen LogP contribution in [0.5, 0.6) is 0 Å². The molecule has 0 heterocycles. The molecule has 0 saturated heterocycles. The molecule has 1 amide bonds. The van der Waals surface area contributed by atoms with Crippen LogP contribution in [-0.2, 0) is 11.2 Å². The van der Waals surface area contributed by atoms with Crippen LogP contribution in [0.1, 0.15) is 24.0 Å². The van der Waals surface area contributed by atoms with Gasteiger partial charge in [-0.2, -0.15) is 5.10 Å². The topological polar surface area (TPSA) is 67.5 Å². The van der Waals surface area contributed by atoms with E-state index < -0.39 is 0 Å². The molecular weight excluding hydrogens is 258 g/mol. The number of carbonyl (C=O) groups is 1. The maximum Gasteiger partial charge on any atom is 0.252 e. The fraction of sp³-hybridized carbons (Fsp3) is 0.286. The summed E-state index contributed by atoms with van der Waals surface area (Å²) < 4.78 is 0. The second kappa shape index (κ2) is 6.43. The average Bonchev–Trinajstić information content (AvgIpc) is 2.65. The Labute approximate surface area is 117 Å². The van der Waals surface area contributed by atoms with E-state index in [-0.39, 0.29) is 5.91 Å². The molecule has 0 radical (unpaired) electrons. The first-order chi connectivity index (χ1) is 9.24. The maximum absolute atomic E-state index is 11.9. The second-order valence-corrected chi connectivity index (χ2v) is 5.22. The van der Waals surface area contributed by atoms with Crippen LogP contribution in [-0.4, -0.2) is 18.5 Å². The third-order valence-electron chi connectivity index (χ3n) is 3.14. The van der Waals surface area contributed by atoms with Gasteiger partial charge in [0.1, 0.15) is 6.34 Å². The molecule has 0 fully saturated rings. The van der Waals surface area contributed by atoms with Gasteiger partial charge in [-0.15, -0.1) is 11.8 Å². The number of thioether (sulfide) groups is 1. The van der Waals surface area contributed by atoms with Gasteiger partial charge in [-0.05, 0) is 54.9 Å². The van der Waals surface area contributed by atoms with E-state index in [0.717, 1.165) is 30.4 Å². The molecule has 0 saturated carbocycles. The fourth-order valence-electron chi connectivity index (χ4n) is 2.16. The Hall–Kier alpha value is -1.75. The van der Waals surface area contributed by atoms with Crippen molar-refractivity contribution in [2.24, 2.45) is 10.9 Å². The van der Waals surface area contributed by atoms with Crippen molar-refractivity contribution >= 4 is 30.1 Å². The Morgan fingerprint density at radius 1 is 1.47 bits per heavy atom. The molecule has 1 aliphatic rings. The Morgan fingerprint density at radius 2 is 2.32 bits per heavy atom. The summed E-state index contributed by atoms with van der Waals surface area (Å²) in [4.78, 5) is 13.2. The molecule has 19 heavy (non-hydrogen) atoms. The Balaban J connectivity index is 2.30. The standard InChI is InChI=1S/C14H17N3OS/c1-19-13-6-5-10-3-2-4-11(7-12(10)8-13)14(18)16-9-17-15/h5-9H,2-4,15H2,1H3,(H,16,17,18). The first-order valence-electron chi connectivity index (χ1n) is 6.14. The summed E-state index contributed by atoms with van der Waals surface area (Å²) in [5, 5.41) is 5.84. The quantitative estimate of drug-likeness (QED) is 0.292. The minimum atomic E-state index is -0.128. The molecule has 1 aliphatic carbocycles. The summed E-state index contributed by atoms with van der Waals surface area (Å²) >= 11 is 1.70. The number of hydrazone groups is 1. The molecule has 3 N–H and O–H groups in total. The molecule has 1 aromatic rings. The summed E-state index contributed by atoms with van der Waals surface area (Å²) in [6, 6.07) is 6.42. The lowest BCUT2D eigenvalue weighted by Crippen LogP contribution is -2.23. The molecule has 5 heteroatoms. The van der Waals surface area contributed by atoms with Crippen LogP contribution >= 0.6 is 11.8 Å². The number of nitrogens with one attached hydrogen (secondary N) is 1. The number of fused-ring (bicyclic) bond motifs is 1. The number of hydrogen-bond acceptors (Lipinski definition) is 4. The molecule has 4 nitrogen and oxygen atoms in total. The number of benzene rings is 1. The zero-order valence-corrected chi connectivity index (χ0v) is 11.7. The van der Waals surface area contributed by atoms with Crippen molar-refractivity contribution in [3.63, 3.8) is 0 Å². The van der Waals surface area contributed by atoms with Gasteiger partial charge in [-0.1, -0.05) is 6.07 Å². The minimum absolute atomic E-state index is 0.128. The molecule has 0 aliphatic heterocycles. The van der Waals surface area contributed by atoms with Gasteiger partial charge in [0.15, 0.2) is 0 Å². The third-order valence-corrected chi connectivity index (χ3v) is 3.86. The highest BCUT2D eigenvalue weighted by Gasteiger charge is 2.14. The first-order valence-corrected chi connectivity index (χ1v) is 7.37. The average molecular weight is 275 g/mol. The van der Waals surface area contributed by atoms with E-state index in [4.69, 9.17) is 5.84 Å². The molecule has 2 rings (SSSR count). The molecule has 0 atom stereocenters. The molecule has 0 bridgehead atoms. The summed E-state index contributed by atoms with van der Waals surface area (Å²) in [5.41, 5.74) is 3.21. The molecule has 1 aromatic carbocycles. The van der Waals surface area contributed by atoms with Crippen LogP contribution in [0.25, 0.3) is 6.08 Å². The van der Waals surface area contributed by atoms with Gasteiger partial charge in [0.25, 0.3) is 5.91 Å². The van der Waals surface area contributed by atoms with Crippen molar-refractivity contribution in [1.82, 2.24) is 5.32 Å². The van der Waals surface area contributed by atoms with Gasteiger partial charge in [0, 0.05) is 10.5 Å². The van der Waals surface area contributed by atoms with Crippen LogP contribution in [0, 0.1) is 0 Å². The summed E-state index contributed by atoms with van der Waals surface area (Å²) in [7, 11) is 0. The van der Waals surface area contributed by atoms with Crippen LogP contribution in [0.2, 0.25) is 0 Å². The van der Waals surface area contributed by atoms with E-state index in [2.05, 4.69) is 28.6 Å². The normalized spacial score (nSPS) is 14.7. The largest absolute Gasteiger partial charge is 0.322 e. The van der Waals surface area contributed by atoms with Crippen molar-refractivity contribution in [2.75, 3.05) is 6.26 Å². The van der Waals surface area contributed by atoms with Crippen LogP contribution in [0.15, 0.2) is 33.8 Å². The smallest absolute Gasteiger partial charge is 0.252 e. The van der Waals surface area contributed by atoms with Crippen LogP contribution in [0.4, 0.5) is 0 Å². The van der Waals surface area contributed by atoms with Crippen molar-refractivity contribution in [1.29, 1.82) is 0 Å². The van der Waals surface area contributed by atoms with E-state index in [1.807, 2.05) is 12.3 Å². The van der Waals surface area contributed by atoms with Crippen molar-refractivity contribution in [3.8, 4) is 0 Å². The Morgan fingerprint density at radius 3 is 3.05 bits per heavy atom. The Bertz CT molecular complexity index is 537. The summed E-state index contributed by atoms with van der Waals surface area (Å²) in [6.45, 7) is 0. The number of rotatable bonds is 3. The van der Waals surface area contributed by atoms with Gasteiger partial charge in [-0.25, -0.2) is 0 Å². The number of amides is 1. The highest BCUT2D eigenvalue weighted by atomic mass is 32.2. The minimum Gasteiger partial charge on any atom is -0.322 e. The van der Waals surface area contributed by atoms with Crippen molar-refractivity contribution < 1.29 is 4.79 Å². The van der Waals surface area contributed by atoms with Gasteiger partial charge in [0.05, 0.1) is 0 Å². The van der Waals surface area contributed by atoms with Crippen molar-refractivity contribution in [3.05, 3.63) is 34.9 Å². The third kappa shape index (κ3) is 3.38. The lowest BCUT2D eigenvalue weighted by molar-refractivity contribution is -0.116. The second-order valence-electron chi connectivity index (χ2n) is 4.34. The van der Waals surface area contributed by atoms with Crippen LogP contribution in [0.3, 0.4) is 0 Å². The van der Waals surface area contributed by atoms with E-state index in [1.165, 1.54) is 16.8 Å². The van der Waals surface area contributed by atoms with E-state index in [0.29, 0.717) is 0 Å². The van der Waals surface area contributed by atoms with E-state index in [9.17, 15) is 4.79 Å². The van der Waals surface area contributed by atoms with E-state index in [1.54, 1.807) is 11.8 Å². The first kappa shape index (κ1) is 13.7. The molecule has 0 aromatic heterocycles. The van der Waals surface area contributed by atoms with Gasteiger partial charge < -0.3 is 11.2 Å². The van der Waals surface area contributed by atoms with Crippen molar-refractivity contribution in [2.45, 2.75) is 24.2 Å². The number of aryl methyl sites for hydroxylation is 1. The van der Waals surface area contributed by atoms with Crippen LogP contribution < -0.4 is 11.2 Å². The highest BCUT2D eigenvalue weighted by molar-refractivity contribution is 7.98. The monoisotopic (exact) mass is 275 g/mol. The van der Waals surface area contributed by atoms with Gasteiger partial charge in [0.2, 0.25) is 0 Å².